The number of anilines is 1. The first kappa shape index (κ1) is 14.3. The number of non-ortho nitro benzene ring substituents is 1. The molecule has 0 aromatic heterocycles. The van der Waals surface area contributed by atoms with Gasteiger partial charge in [0.15, 0.2) is 0 Å². The van der Waals surface area contributed by atoms with Crippen LogP contribution in [0.2, 0.25) is 0 Å². The number of nitro benzene ring substituents is 1. The van der Waals surface area contributed by atoms with Gasteiger partial charge in [-0.1, -0.05) is 13.8 Å². The molecule has 2 unspecified atom stereocenters. The van der Waals surface area contributed by atoms with Gasteiger partial charge in [0.25, 0.3) is 5.69 Å². The monoisotopic (exact) mass is 326 g/mol. The van der Waals surface area contributed by atoms with Crippen molar-refractivity contribution in [2.24, 2.45) is 11.8 Å². The highest BCUT2D eigenvalue weighted by atomic mass is 79.9. The lowest BCUT2D eigenvalue weighted by molar-refractivity contribution is -0.384. The quantitative estimate of drug-likeness (QED) is 0.652. The molecule has 0 heterocycles. The number of rotatable bonds is 3. The fourth-order valence-electron chi connectivity index (χ4n) is 3.02. The molecule has 104 valence electrons. The zero-order valence-corrected chi connectivity index (χ0v) is 12.8. The van der Waals surface area contributed by atoms with Crippen molar-refractivity contribution in [2.45, 2.75) is 39.2 Å². The summed E-state index contributed by atoms with van der Waals surface area (Å²) in [7, 11) is 0. The van der Waals surface area contributed by atoms with Gasteiger partial charge in [0.05, 0.1) is 10.6 Å². The Morgan fingerprint density at radius 3 is 2.47 bits per heavy atom. The molecule has 2 atom stereocenters. The molecule has 0 saturated heterocycles. The number of benzene rings is 1. The predicted molar refractivity (Wildman–Crippen MR) is 80.4 cm³/mol. The van der Waals surface area contributed by atoms with E-state index in [9.17, 15) is 10.1 Å². The molecule has 1 saturated carbocycles. The molecule has 0 aliphatic heterocycles. The van der Waals surface area contributed by atoms with E-state index in [1.165, 1.54) is 12.5 Å². The Morgan fingerprint density at radius 1 is 1.26 bits per heavy atom. The van der Waals surface area contributed by atoms with Crippen molar-refractivity contribution < 1.29 is 4.92 Å². The third-order valence-electron chi connectivity index (χ3n) is 3.70. The molecule has 0 radical (unpaired) electrons. The maximum atomic E-state index is 10.8. The summed E-state index contributed by atoms with van der Waals surface area (Å²) < 4.78 is 0.879. The third-order valence-corrected chi connectivity index (χ3v) is 4.39. The summed E-state index contributed by atoms with van der Waals surface area (Å²) in [6, 6.07) is 5.25. The molecule has 0 spiro atoms. The van der Waals surface area contributed by atoms with Crippen molar-refractivity contribution in [3.05, 3.63) is 32.8 Å². The Kier molecular flexibility index (Phi) is 4.45. The van der Waals surface area contributed by atoms with Crippen LogP contribution in [0.15, 0.2) is 22.7 Å². The highest BCUT2D eigenvalue weighted by molar-refractivity contribution is 9.10. The summed E-state index contributed by atoms with van der Waals surface area (Å²) in [4.78, 5) is 10.5. The van der Waals surface area contributed by atoms with Crippen molar-refractivity contribution in [3.63, 3.8) is 0 Å². The van der Waals surface area contributed by atoms with Gasteiger partial charge in [-0.15, -0.1) is 0 Å². The predicted octanol–water partition coefficient (Wildman–Crippen LogP) is 4.59. The lowest BCUT2D eigenvalue weighted by Gasteiger charge is -2.32. The first-order chi connectivity index (χ1) is 8.95. The molecule has 1 aromatic rings. The van der Waals surface area contributed by atoms with E-state index in [2.05, 4.69) is 35.1 Å². The zero-order valence-electron chi connectivity index (χ0n) is 11.2. The topological polar surface area (TPSA) is 55.2 Å². The van der Waals surface area contributed by atoms with Gasteiger partial charge in [-0.05, 0) is 53.1 Å². The summed E-state index contributed by atoms with van der Waals surface area (Å²) in [5, 5.41) is 14.3. The maximum Gasteiger partial charge on any atom is 0.271 e. The average molecular weight is 327 g/mol. The number of nitrogens with one attached hydrogen (secondary N) is 1. The Morgan fingerprint density at radius 2 is 1.89 bits per heavy atom. The average Bonchev–Trinajstić information content (AvgIpc) is 2.30. The first-order valence-corrected chi connectivity index (χ1v) is 7.45. The van der Waals surface area contributed by atoms with E-state index >= 15 is 0 Å². The van der Waals surface area contributed by atoms with E-state index in [4.69, 9.17) is 0 Å². The fourth-order valence-corrected chi connectivity index (χ4v) is 3.38. The smallest absolute Gasteiger partial charge is 0.271 e. The largest absolute Gasteiger partial charge is 0.381 e. The molecule has 1 aliphatic rings. The van der Waals surface area contributed by atoms with Gasteiger partial charge in [-0.25, -0.2) is 0 Å². The van der Waals surface area contributed by atoms with Gasteiger partial charge < -0.3 is 5.32 Å². The van der Waals surface area contributed by atoms with E-state index in [1.807, 2.05) is 0 Å². The minimum absolute atomic E-state index is 0.127. The molecule has 1 aromatic carbocycles. The van der Waals surface area contributed by atoms with Crippen LogP contribution < -0.4 is 5.32 Å². The summed E-state index contributed by atoms with van der Waals surface area (Å²) in [5.41, 5.74) is 0.947. The van der Waals surface area contributed by atoms with Gasteiger partial charge in [0.1, 0.15) is 0 Å². The Bertz CT molecular complexity index is 469. The van der Waals surface area contributed by atoms with E-state index in [0.29, 0.717) is 17.9 Å². The minimum Gasteiger partial charge on any atom is -0.381 e. The molecule has 1 fully saturated rings. The van der Waals surface area contributed by atoms with E-state index < -0.39 is 0 Å². The van der Waals surface area contributed by atoms with Crippen LogP contribution in [0.4, 0.5) is 11.4 Å². The molecule has 4 nitrogen and oxygen atoms in total. The van der Waals surface area contributed by atoms with Crippen LogP contribution in [0, 0.1) is 22.0 Å². The van der Waals surface area contributed by atoms with Crippen LogP contribution in [-0.4, -0.2) is 11.0 Å². The summed E-state index contributed by atoms with van der Waals surface area (Å²) in [5.74, 6) is 1.41. The van der Waals surface area contributed by atoms with Crippen molar-refractivity contribution in [3.8, 4) is 0 Å². The minimum atomic E-state index is -0.357. The summed E-state index contributed by atoms with van der Waals surface area (Å²) >= 11 is 3.45. The highest BCUT2D eigenvalue weighted by Crippen LogP contribution is 2.33. The number of hydrogen-bond acceptors (Lipinski definition) is 3. The molecule has 2 rings (SSSR count). The molecule has 19 heavy (non-hydrogen) atoms. The second kappa shape index (κ2) is 5.90. The number of hydrogen-bond donors (Lipinski definition) is 1. The van der Waals surface area contributed by atoms with Gasteiger partial charge in [-0.3, -0.25) is 10.1 Å². The second-order valence-corrected chi connectivity index (χ2v) is 6.53. The normalized spacial score (nSPS) is 27.0. The third kappa shape index (κ3) is 3.69. The summed E-state index contributed by atoms with van der Waals surface area (Å²) in [6.45, 7) is 4.54. The molecule has 1 aliphatic carbocycles. The lowest BCUT2D eigenvalue weighted by Crippen LogP contribution is -2.30. The van der Waals surface area contributed by atoms with E-state index in [0.717, 1.165) is 23.0 Å². The molecule has 5 heteroatoms. The van der Waals surface area contributed by atoms with Crippen molar-refractivity contribution in [1.82, 2.24) is 0 Å². The van der Waals surface area contributed by atoms with Gasteiger partial charge >= 0.3 is 0 Å². The molecular weight excluding hydrogens is 308 g/mol. The number of halogens is 1. The molecular formula is C14H19BrN2O2. The van der Waals surface area contributed by atoms with Crippen LogP contribution in [-0.2, 0) is 0 Å². The molecule has 0 bridgehead atoms. The van der Waals surface area contributed by atoms with Crippen LogP contribution in [0.3, 0.4) is 0 Å². The highest BCUT2D eigenvalue weighted by Gasteiger charge is 2.24. The van der Waals surface area contributed by atoms with E-state index in [1.54, 1.807) is 12.1 Å². The fraction of sp³-hybridized carbons (Fsp3) is 0.571. The van der Waals surface area contributed by atoms with Crippen LogP contribution >= 0.6 is 15.9 Å². The molecule has 0 amide bonds. The standard InChI is InChI=1S/C14H19BrN2O2/c1-9-5-10(2)7-11(6-9)16-14-8-12(17(18)19)3-4-13(14)15/h3-4,8-11,16H,5-7H2,1-2H3. The molecule has 1 N–H and O–H groups in total. The van der Waals surface area contributed by atoms with Crippen LogP contribution in [0.5, 0.6) is 0 Å². The number of nitrogens with zero attached hydrogens (tertiary/aromatic N) is 1. The first-order valence-electron chi connectivity index (χ1n) is 6.66. The van der Waals surface area contributed by atoms with Gasteiger partial charge in [-0.2, -0.15) is 0 Å². The lowest BCUT2D eigenvalue weighted by atomic mass is 9.80. The van der Waals surface area contributed by atoms with Crippen molar-refractivity contribution >= 4 is 27.3 Å². The maximum absolute atomic E-state index is 10.8. The Hall–Kier alpha value is -1.10. The van der Waals surface area contributed by atoms with Crippen LogP contribution in [0.25, 0.3) is 0 Å². The van der Waals surface area contributed by atoms with Crippen molar-refractivity contribution in [1.29, 1.82) is 0 Å². The number of nitro groups is 1. The Balaban J connectivity index is 2.13. The second-order valence-electron chi connectivity index (χ2n) is 5.68. The summed E-state index contributed by atoms with van der Waals surface area (Å²) in [6.07, 6.45) is 3.52. The van der Waals surface area contributed by atoms with Gasteiger partial charge in [0.2, 0.25) is 0 Å². The zero-order chi connectivity index (χ0) is 14.0. The van der Waals surface area contributed by atoms with E-state index in [-0.39, 0.29) is 10.6 Å². The van der Waals surface area contributed by atoms with Gasteiger partial charge in [0, 0.05) is 22.6 Å². The van der Waals surface area contributed by atoms with Crippen LogP contribution in [0.1, 0.15) is 33.1 Å². The van der Waals surface area contributed by atoms with Crippen molar-refractivity contribution in [2.75, 3.05) is 5.32 Å². The SMILES string of the molecule is CC1CC(C)CC(Nc2cc([N+](=O)[O-])ccc2Br)C1. The Labute approximate surface area is 121 Å².